The van der Waals surface area contributed by atoms with Crippen LogP contribution in [-0.2, 0) is 4.79 Å². The summed E-state index contributed by atoms with van der Waals surface area (Å²) in [7, 11) is 0. The second-order valence-corrected chi connectivity index (χ2v) is 8.40. The van der Waals surface area contributed by atoms with Crippen molar-refractivity contribution in [3.63, 3.8) is 0 Å². The van der Waals surface area contributed by atoms with Crippen LogP contribution in [0, 0.1) is 0 Å². The lowest BCUT2D eigenvalue weighted by Gasteiger charge is -2.38. The molecule has 29 heavy (non-hydrogen) atoms. The first kappa shape index (κ1) is 21.6. The van der Waals surface area contributed by atoms with E-state index in [1.807, 2.05) is 4.90 Å². The molecule has 2 unspecified atom stereocenters. The minimum atomic E-state index is -0.0689. The normalized spacial score (nSPS) is 22.9. The number of carbonyl (C=O) groups is 2. The number of rotatable bonds is 7. The first-order valence-electron chi connectivity index (χ1n) is 11.1. The van der Waals surface area contributed by atoms with Crippen molar-refractivity contribution in [1.82, 2.24) is 15.1 Å². The lowest BCUT2D eigenvalue weighted by Crippen LogP contribution is -2.49. The predicted octanol–water partition coefficient (Wildman–Crippen LogP) is 3.07. The molecule has 2 aliphatic rings. The van der Waals surface area contributed by atoms with Gasteiger partial charge in [0.05, 0.1) is 0 Å². The van der Waals surface area contributed by atoms with E-state index < -0.39 is 0 Å². The van der Waals surface area contributed by atoms with Crippen molar-refractivity contribution < 1.29 is 14.3 Å². The van der Waals surface area contributed by atoms with Crippen LogP contribution in [0.15, 0.2) is 24.3 Å². The van der Waals surface area contributed by atoms with E-state index in [1.165, 1.54) is 25.7 Å². The van der Waals surface area contributed by atoms with Crippen LogP contribution >= 0.6 is 0 Å². The van der Waals surface area contributed by atoms with E-state index in [0.29, 0.717) is 17.9 Å². The zero-order valence-corrected chi connectivity index (χ0v) is 17.9. The standard InChI is InChI=1S/C23H35N3O3/c1-18-7-6-8-19(2)26(18)22(27)17-29-21-11-9-20(10-12-21)23(28)24-13-16-25-14-4-3-5-15-25/h9-12,18-19H,3-8,13-17H2,1-2H3,(H,24,28). The van der Waals surface area contributed by atoms with Gasteiger partial charge in [0, 0.05) is 30.7 Å². The van der Waals surface area contributed by atoms with Gasteiger partial charge in [0.2, 0.25) is 0 Å². The molecule has 6 nitrogen and oxygen atoms in total. The fourth-order valence-corrected chi connectivity index (χ4v) is 4.45. The van der Waals surface area contributed by atoms with Gasteiger partial charge in [0.1, 0.15) is 5.75 Å². The van der Waals surface area contributed by atoms with E-state index in [1.54, 1.807) is 24.3 Å². The molecular formula is C23H35N3O3. The van der Waals surface area contributed by atoms with Crippen molar-refractivity contribution in [3.05, 3.63) is 29.8 Å². The number of ether oxygens (including phenoxy) is 1. The summed E-state index contributed by atoms with van der Waals surface area (Å²) in [6.07, 6.45) is 7.11. The molecule has 2 aliphatic heterocycles. The van der Waals surface area contributed by atoms with Crippen LogP contribution in [-0.4, -0.2) is 66.5 Å². The van der Waals surface area contributed by atoms with Crippen LogP contribution in [0.5, 0.6) is 5.75 Å². The summed E-state index contributed by atoms with van der Waals surface area (Å²) in [5, 5.41) is 2.99. The largest absolute Gasteiger partial charge is 0.484 e. The molecule has 1 aromatic rings. The smallest absolute Gasteiger partial charge is 0.260 e. The van der Waals surface area contributed by atoms with Crippen molar-refractivity contribution in [2.75, 3.05) is 32.8 Å². The lowest BCUT2D eigenvalue weighted by molar-refractivity contribution is -0.139. The topological polar surface area (TPSA) is 61.9 Å². The summed E-state index contributed by atoms with van der Waals surface area (Å²) in [5.74, 6) is 0.574. The number of nitrogens with one attached hydrogen (secondary N) is 1. The van der Waals surface area contributed by atoms with E-state index in [9.17, 15) is 9.59 Å². The average Bonchev–Trinajstić information content (AvgIpc) is 2.73. The molecule has 6 heteroatoms. The van der Waals surface area contributed by atoms with Crippen LogP contribution < -0.4 is 10.1 Å². The maximum absolute atomic E-state index is 12.5. The summed E-state index contributed by atoms with van der Waals surface area (Å²) in [4.78, 5) is 29.2. The van der Waals surface area contributed by atoms with Crippen molar-refractivity contribution >= 4 is 11.8 Å². The van der Waals surface area contributed by atoms with Crippen molar-refractivity contribution in [2.45, 2.75) is 64.5 Å². The Labute approximate surface area is 174 Å². The zero-order chi connectivity index (χ0) is 20.6. The van der Waals surface area contributed by atoms with Crippen LogP contribution in [0.2, 0.25) is 0 Å². The van der Waals surface area contributed by atoms with Gasteiger partial charge in [0.15, 0.2) is 6.61 Å². The number of nitrogens with zero attached hydrogens (tertiary/aromatic N) is 2. The number of likely N-dealkylation sites (tertiary alicyclic amines) is 2. The summed E-state index contributed by atoms with van der Waals surface area (Å²) in [5.41, 5.74) is 0.612. The summed E-state index contributed by atoms with van der Waals surface area (Å²) in [6.45, 7) is 8.08. The molecule has 0 saturated carbocycles. The number of carbonyl (C=O) groups excluding carboxylic acids is 2. The molecule has 0 aliphatic carbocycles. The van der Waals surface area contributed by atoms with E-state index in [4.69, 9.17) is 4.74 Å². The molecule has 3 rings (SSSR count). The lowest BCUT2D eigenvalue weighted by atomic mass is 9.97. The maximum Gasteiger partial charge on any atom is 0.260 e. The second-order valence-electron chi connectivity index (χ2n) is 8.40. The highest BCUT2D eigenvalue weighted by atomic mass is 16.5. The SMILES string of the molecule is CC1CCCC(C)N1C(=O)COc1ccc(C(=O)NCCN2CCCCC2)cc1. The third kappa shape index (κ3) is 6.20. The molecular weight excluding hydrogens is 366 g/mol. The van der Waals surface area contributed by atoms with Crippen LogP contribution in [0.1, 0.15) is 62.7 Å². The summed E-state index contributed by atoms with van der Waals surface area (Å²) >= 11 is 0. The zero-order valence-electron chi connectivity index (χ0n) is 17.9. The number of benzene rings is 1. The van der Waals surface area contributed by atoms with Crippen molar-refractivity contribution in [1.29, 1.82) is 0 Å². The second kappa shape index (κ2) is 10.6. The molecule has 0 bridgehead atoms. The highest BCUT2D eigenvalue weighted by molar-refractivity contribution is 5.94. The Balaban J connectivity index is 1.42. The number of hydrogen-bond acceptors (Lipinski definition) is 4. The van der Waals surface area contributed by atoms with Crippen LogP contribution in [0.25, 0.3) is 0 Å². The highest BCUT2D eigenvalue weighted by Gasteiger charge is 2.28. The first-order chi connectivity index (χ1) is 14.0. The van der Waals surface area contributed by atoms with Gasteiger partial charge < -0.3 is 19.9 Å². The third-order valence-corrected chi connectivity index (χ3v) is 6.12. The maximum atomic E-state index is 12.5. The van der Waals surface area contributed by atoms with Gasteiger partial charge in [-0.15, -0.1) is 0 Å². The molecule has 2 heterocycles. The fourth-order valence-electron chi connectivity index (χ4n) is 4.45. The third-order valence-electron chi connectivity index (χ3n) is 6.12. The molecule has 2 atom stereocenters. The summed E-state index contributed by atoms with van der Waals surface area (Å²) < 4.78 is 5.68. The Hall–Kier alpha value is -2.08. The van der Waals surface area contributed by atoms with Gasteiger partial charge in [-0.2, -0.15) is 0 Å². The van der Waals surface area contributed by atoms with Crippen LogP contribution in [0.4, 0.5) is 0 Å². The van der Waals surface area contributed by atoms with Gasteiger partial charge in [-0.05, 0) is 83.3 Å². The van der Waals surface area contributed by atoms with Gasteiger partial charge in [-0.3, -0.25) is 9.59 Å². The molecule has 2 fully saturated rings. The van der Waals surface area contributed by atoms with Gasteiger partial charge in [0.25, 0.3) is 11.8 Å². The molecule has 2 saturated heterocycles. The molecule has 1 aromatic carbocycles. The first-order valence-corrected chi connectivity index (χ1v) is 11.1. The van der Waals surface area contributed by atoms with E-state index in [0.717, 1.165) is 32.5 Å². The van der Waals surface area contributed by atoms with E-state index in [-0.39, 0.29) is 30.5 Å². The Morgan fingerprint density at radius 2 is 1.66 bits per heavy atom. The number of amides is 2. The van der Waals surface area contributed by atoms with Crippen molar-refractivity contribution in [2.24, 2.45) is 0 Å². The number of hydrogen-bond donors (Lipinski definition) is 1. The van der Waals surface area contributed by atoms with Gasteiger partial charge in [-0.25, -0.2) is 0 Å². The number of piperidine rings is 2. The van der Waals surface area contributed by atoms with E-state index in [2.05, 4.69) is 24.1 Å². The summed E-state index contributed by atoms with van der Waals surface area (Å²) in [6, 6.07) is 7.56. The molecule has 0 radical (unpaired) electrons. The fraction of sp³-hybridized carbons (Fsp3) is 0.652. The van der Waals surface area contributed by atoms with Gasteiger partial charge in [-0.1, -0.05) is 6.42 Å². The molecule has 2 amide bonds. The predicted molar refractivity (Wildman–Crippen MR) is 114 cm³/mol. The molecule has 1 N–H and O–H groups in total. The highest BCUT2D eigenvalue weighted by Crippen LogP contribution is 2.23. The Bertz CT molecular complexity index is 660. The quantitative estimate of drug-likeness (QED) is 0.763. The minimum absolute atomic E-state index is 0.0317. The monoisotopic (exact) mass is 401 g/mol. The van der Waals surface area contributed by atoms with Gasteiger partial charge >= 0.3 is 0 Å². The Morgan fingerprint density at radius 3 is 2.31 bits per heavy atom. The average molecular weight is 402 g/mol. The van der Waals surface area contributed by atoms with Crippen LogP contribution in [0.3, 0.4) is 0 Å². The Kier molecular flexibility index (Phi) is 7.92. The van der Waals surface area contributed by atoms with E-state index >= 15 is 0 Å². The van der Waals surface area contributed by atoms with Crippen molar-refractivity contribution in [3.8, 4) is 5.75 Å². The molecule has 160 valence electrons. The minimum Gasteiger partial charge on any atom is -0.484 e. The molecule has 0 spiro atoms. The molecule has 0 aromatic heterocycles. The Morgan fingerprint density at radius 1 is 1.00 bits per heavy atom.